The molecule has 1 fully saturated rings. The zero-order valence-corrected chi connectivity index (χ0v) is 15.5. The van der Waals surface area contributed by atoms with Crippen molar-refractivity contribution in [1.29, 1.82) is 0 Å². The van der Waals surface area contributed by atoms with Crippen molar-refractivity contribution in [2.24, 2.45) is 0 Å². The second kappa shape index (κ2) is 7.53. The van der Waals surface area contributed by atoms with Crippen LogP contribution in [0.5, 0.6) is 0 Å². The van der Waals surface area contributed by atoms with Crippen molar-refractivity contribution in [2.75, 3.05) is 37.2 Å². The largest absolute Gasteiger partial charge is 0.398 e. The summed E-state index contributed by atoms with van der Waals surface area (Å²) in [6.07, 6.45) is 4.93. The molecule has 0 bridgehead atoms. The topological polar surface area (TPSA) is 75.4 Å². The predicted molar refractivity (Wildman–Crippen MR) is 108 cm³/mol. The summed E-state index contributed by atoms with van der Waals surface area (Å²) in [5.74, 6) is -0.305. The summed E-state index contributed by atoms with van der Waals surface area (Å²) in [7, 11) is 0. The van der Waals surface area contributed by atoms with Crippen LogP contribution < -0.4 is 11.1 Å². The third-order valence-electron chi connectivity index (χ3n) is 5.52. The van der Waals surface area contributed by atoms with Crippen LogP contribution in [0.2, 0.25) is 0 Å². The molecule has 5 heteroatoms. The fourth-order valence-electron chi connectivity index (χ4n) is 4.12. The second-order valence-corrected chi connectivity index (χ2v) is 7.34. The van der Waals surface area contributed by atoms with Crippen LogP contribution >= 0.6 is 0 Å². The van der Waals surface area contributed by atoms with Gasteiger partial charge in [-0.15, -0.1) is 0 Å². The van der Waals surface area contributed by atoms with E-state index < -0.39 is 0 Å². The van der Waals surface area contributed by atoms with Crippen molar-refractivity contribution < 1.29 is 9.59 Å². The first-order valence-electron chi connectivity index (χ1n) is 9.74. The lowest BCUT2D eigenvalue weighted by molar-refractivity contribution is 0.0980. The number of anilines is 2. The molecular formula is C22H25N3O2. The molecule has 140 valence electrons. The molecule has 2 aromatic carbocycles. The van der Waals surface area contributed by atoms with Crippen molar-refractivity contribution in [3.8, 4) is 0 Å². The number of likely N-dealkylation sites (tertiary alicyclic amines) is 1. The van der Waals surface area contributed by atoms with Gasteiger partial charge in [-0.3, -0.25) is 9.59 Å². The highest BCUT2D eigenvalue weighted by Gasteiger charge is 2.32. The highest BCUT2D eigenvalue weighted by molar-refractivity contribution is 6.31. The number of fused-ring (bicyclic) bond motifs is 2. The zero-order chi connectivity index (χ0) is 18.8. The van der Waals surface area contributed by atoms with Gasteiger partial charge in [0.05, 0.1) is 11.1 Å². The highest BCUT2D eigenvalue weighted by Crippen LogP contribution is 2.34. The van der Waals surface area contributed by atoms with Crippen molar-refractivity contribution in [2.45, 2.75) is 25.7 Å². The second-order valence-electron chi connectivity index (χ2n) is 7.34. The molecule has 1 aliphatic carbocycles. The Morgan fingerprint density at radius 1 is 0.889 bits per heavy atom. The molecule has 4 rings (SSSR count). The smallest absolute Gasteiger partial charge is 0.196 e. The number of hydrogen-bond acceptors (Lipinski definition) is 5. The molecule has 0 unspecified atom stereocenters. The lowest BCUT2D eigenvalue weighted by atomic mass is 9.82. The van der Waals surface area contributed by atoms with E-state index in [1.54, 1.807) is 24.3 Å². The Labute approximate surface area is 159 Å². The van der Waals surface area contributed by atoms with Gasteiger partial charge in [0, 0.05) is 29.0 Å². The average Bonchev–Trinajstić information content (AvgIpc) is 2.70. The number of hydrogen-bond donors (Lipinski definition) is 2. The molecule has 0 aromatic heterocycles. The van der Waals surface area contributed by atoms with Crippen LogP contribution in [-0.2, 0) is 0 Å². The van der Waals surface area contributed by atoms with E-state index in [0.29, 0.717) is 27.9 Å². The number of nitrogens with zero attached hydrogens (tertiary/aromatic N) is 1. The van der Waals surface area contributed by atoms with Gasteiger partial charge in [-0.1, -0.05) is 30.7 Å². The molecule has 2 aliphatic rings. The number of carbonyl (C=O) groups is 2. The van der Waals surface area contributed by atoms with E-state index in [4.69, 9.17) is 5.73 Å². The first-order chi connectivity index (χ1) is 13.2. The summed E-state index contributed by atoms with van der Waals surface area (Å²) in [4.78, 5) is 28.4. The Morgan fingerprint density at radius 2 is 1.56 bits per heavy atom. The normalized spacial score (nSPS) is 16.7. The zero-order valence-electron chi connectivity index (χ0n) is 15.5. The van der Waals surface area contributed by atoms with Gasteiger partial charge >= 0.3 is 0 Å². The van der Waals surface area contributed by atoms with Crippen LogP contribution in [0.3, 0.4) is 0 Å². The Morgan fingerprint density at radius 3 is 2.33 bits per heavy atom. The van der Waals surface area contributed by atoms with E-state index in [1.165, 1.54) is 32.4 Å². The number of nitrogen functional groups attached to an aromatic ring is 1. The number of nitrogens with one attached hydrogen (secondary N) is 1. The maximum atomic E-state index is 13.1. The molecule has 0 spiro atoms. The van der Waals surface area contributed by atoms with Crippen molar-refractivity contribution in [3.05, 3.63) is 58.7 Å². The molecule has 3 N–H and O–H groups in total. The highest BCUT2D eigenvalue weighted by atomic mass is 16.1. The van der Waals surface area contributed by atoms with Gasteiger partial charge in [0.2, 0.25) is 0 Å². The molecule has 0 saturated carbocycles. The molecule has 5 nitrogen and oxygen atoms in total. The Balaban J connectivity index is 1.51. The number of carbonyl (C=O) groups excluding carboxylic acids is 2. The number of ketones is 2. The van der Waals surface area contributed by atoms with Crippen LogP contribution in [0, 0.1) is 0 Å². The summed E-state index contributed by atoms with van der Waals surface area (Å²) in [6.45, 7) is 4.21. The Hall–Kier alpha value is -2.66. The van der Waals surface area contributed by atoms with Crippen molar-refractivity contribution in [1.82, 2.24) is 4.90 Å². The SMILES string of the molecule is Nc1cccc2c1C(=O)c1cccc(NCCCN3CCCCC3)c1C2=O. The van der Waals surface area contributed by atoms with E-state index in [9.17, 15) is 9.59 Å². The maximum Gasteiger partial charge on any atom is 0.196 e. The molecule has 0 atom stereocenters. The molecule has 0 radical (unpaired) electrons. The fraction of sp³-hybridized carbons (Fsp3) is 0.364. The summed E-state index contributed by atoms with van der Waals surface area (Å²) >= 11 is 0. The summed E-state index contributed by atoms with van der Waals surface area (Å²) in [5, 5.41) is 3.38. The molecule has 1 saturated heterocycles. The van der Waals surface area contributed by atoms with Crippen LogP contribution in [0.4, 0.5) is 11.4 Å². The van der Waals surface area contributed by atoms with Crippen LogP contribution in [0.25, 0.3) is 0 Å². The molecule has 27 heavy (non-hydrogen) atoms. The minimum Gasteiger partial charge on any atom is -0.398 e. The van der Waals surface area contributed by atoms with E-state index in [-0.39, 0.29) is 11.6 Å². The molecular weight excluding hydrogens is 338 g/mol. The first-order valence-corrected chi connectivity index (χ1v) is 9.74. The van der Waals surface area contributed by atoms with E-state index in [1.807, 2.05) is 12.1 Å². The number of benzene rings is 2. The van der Waals surface area contributed by atoms with Crippen LogP contribution in [-0.4, -0.2) is 42.6 Å². The van der Waals surface area contributed by atoms with Gasteiger partial charge in [0.15, 0.2) is 11.6 Å². The predicted octanol–water partition coefficient (Wildman–Crippen LogP) is 3.33. The monoisotopic (exact) mass is 363 g/mol. The maximum absolute atomic E-state index is 13.1. The van der Waals surface area contributed by atoms with Crippen molar-refractivity contribution in [3.63, 3.8) is 0 Å². The fourth-order valence-corrected chi connectivity index (χ4v) is 4.12. The van der Waals surface area contributed by atoms with E-state index >= 15 is 0 Å². The van der Waals surface area contributed by atoms with Gasteiger partial charge in [0.25, 0.3) is 0 Å². The number of nitrogens with two attached hydrogens (primary N) is 1. The lowest BCUT2D eigenvalue weighted by Gasteiger charge is -2.26. The standard InChI is InChI=1S/C22H25N3O2/c23-17-9-4-7-15-19(17)21(26)16-8-5-10-18(20(16)22(15)27)24-11-6-14-25-12-2-1-3-13-25/h4-5,7-10,24H,1-3,6,11-14,23H2. The van der Waals surface area contributed by atoms with Crippen molar-refractivity contribution >= 4 is 22.9 Å². The van der Waals surface area contributed by atoms with Gasteiger partial charge in [-0.2, -0.15) is 0 Å². The van der Waals surface area contributed by atoms with Crippen LogP contribution in [0.1, 0.15) is 57.5 Å². The van der Waals surface area contributed by atoms with Crippen LogP contribution in [0.15, 0.2) is 36.4 Å². The molecule has 0 amide bonds. The van der Waals surface area contributed by atoms with Gasteiger partial charge in [-0.25, -0.2) is 0 Å². The van der Waals surface area contributed by atoms with Gasteiger partial charge < -0.3 is 16.0 Å². The minimum absolute atomic E-state index is 0.133. The summed E-state index contributed by atoms with van der Waals surface area (Å²) in [6, 6.07) is 10.5. The lowest BCUT2D eigenvalue weighted by Crippen LogP contribution is -2.31. The first kappa shape index (κ1) is 17.7. The van der Waals surface area contributed by atoms with E-state index in [0.717, 1.165) is 25.2 Å². The third-order valence-corrected chi connectivity index (χ3v) is 5.52. The quantitative estimate of drug-likeness (QED) is 0.537. The Kier molecular flexibility index (Phi) is 4.94. The average molecular weight is 363 g/mol. The number of piperidine rings is 1. The molecule has 1 heterocycles. The number of rotatable bonds is 5. The van der Waals surface area contributed by atoms with E-state index in [2.05, 4.69) is 10.2 Å². The summed E-state index contributed by atoms with van der Waals surface area (Å²) < 4.78 is 0. The third kappa shape index (κ3) is 3.35. The van der Waals surface area contributed by atoms with Gasteiger partial charge in [0.1, 0.15) is 0 Å². The molecule has 1 aliphatic heterocycles. The minimum atomic E-state index is -0.172. The summed E-state index contributed by atoms with van der Waals surface area (Å²) in [5.41, 5.74) is 8.69. The Bertz CT molecular complexity index is 885. The molecule has 2 aromatic rings. The van der Waals surface area contributed by atoms with Gasteiger partial charge in [-0.05, 0) is 51.0 Å².